The lowest BCUT2D eigenvalue weighted by Crippen LogP contribution is -2.31. The fraction of sp³-hybridized carbons (Fsp3) is 0.611. The number of nitrogens with one attached hydrogen (secondary N) is 1. The highest BCUT2D eigenvalue weighted by molar-refractivity contribution is 5.81. The summed E-state index contributed by atoms with van der Waals surface area (Å²) in [4.78, 5) is 14.4. The predicted molar refractivity (Wildman–Crippen MR) is 91.7 cm³/mol. The lowest BCUT2D eigenvalue weighted by atomic mass is 10.2. The van der Waals surface area contributed by atoms with Crippen LogP contribution in [0.1, 0.15) is 49.0 Å². The maximum absolute atomic E-state index is 12.0. The van der Waals surface area contributed by atoms with E-state index in [1.165, 1.54) is 0 Å². The molecule has 7 nitrogen and oxygen atoms in total. The Balaban J connectivity index is 1.41. The molecule has 7 heteroatoms. The van der Waals surface area contributed by atoms with Crippen LogP contribution in [0, 0.1) is 12.8 Å². The first kappa shape index (κ1) is 16.3. The van der Waals surface area contributed by atoms with Gasteiger partial charge in [-0.2, -0.15) is 0 Å². The molecule has 0 spiro atoms. The van der Waals surface area contributed by atoms with Crippen LogP contribution in [0.25, 0.3) is 0 Å². The van der Waals surface area contributed by atoms with Crippen molar-refractivity contribution in [2.75, 3.05) is 13.1 Å². The van der Waals surface area contributed by atoms with E-state index in [-0.39, 0.29) is 17.9 Å². The highest BCUT2D eigenvalue weighted by Crippen LogP contribution is 2.29. The largest absolute Gasteiger partial charge is 0.465 e. The Morgan fingerprint density at radius 3 is 2.88 bits per heavy atom. The topological polar surface area (TPSA) is 76.2 Å². The number of carbonyl (C=O) groups excluding carboxylic acids is 1. The zero-order valence-corrected chi connectivity index (χ0v) is 14.9. The average molecular weight is 343 g/mol. The number of amides is 1. The Labute approximate surface area is 147 Å². The number of fused-ring (bicyclic) bond motifs is 1. The molecule has 1 aliphatic carbocycles. The molecule has 25 heavy (non-hydrogen) atoms. The van der Waals surface area contributed by atoms with Gasteiger partial charge >= 0.3 is 0 Å². The molecule has 1 atom stereocenters. The molecule has 0 saturated heterocycles. The van der Waals surface area contributed by atoms with Crippen molar-refractivity contribution in [2.45, 2.75) is 52.2 Å². The smallest absolute Gasteiger partial charge is 0.223 e. The molecule has 1 saturated carbocycles. The first-order valence-electron chi connectivity index (χ1n) is 9.10. The van der Waals surface area contributed by atoms with Crippen molar-refractivity contribution in [2.24, 2.45) is 5.92 Å². The van der Waals surface area contributed by atoms with Crippen LogP contribution in [0.2, 0.25) is 0 Å². The highest BCUT2D eigenvalue weighted by Gasteiger charge is 2.31. The molecule has 0 bridgehead atoms. The maximum Gasteiger partial charge on any atom is 0.223 e. The zero-order valence-electron chi connectivity index (χ0n) is 14.9. The van der Waals surface area contributed by atoms with Crippen LogP contribution >= 0.6 is 0 Å². The lowest BCUT2D eigenvalue weighted by Gasteiger charge is -2.19. The zero-order chi connectivity index (χ0) is 17.4. The average Bonchev–Trinajstić information content (AvgIpc) is 3.29. The van der Waals surface area contributed by atoms with E-state index in [4.69, 9.17) is 4.42 Å². The maximum atomic E-state index is 12.0. The molecule has 4 rings (SSSR count). The molecule has 1 unspecified atom stereocenters. The summed E-state index contributed by atoms with van der Waals surface area (Å²) in [5, 5.41) is 11.8. The molecule has 0 aromatic carbocycles. The van der Waals surface area contributed by atoms with Gasteiger partial charge in [-0.1, -0.05) is 0 Å². The molecule has 2 aliphatic rings. The quantitative estimate of drug-likeness (QED) is 0.896. The molecule has 134 valence electrons. The second kappa shape index (κ2) is 6.63. The van der Waals surface area contributed by atoms with E-state index in [0.717, 1.165) is 68.6 Å². The molecule has 1 amide bonds. The third kappa shape index (κ3) is 3.61. The van der Waals surface area contributed by atoms with Crippen LogP contribution in [-0.2, 0) is 24.3 Å². The predicted octanol–water partition coefficient (Wildman–Crippen LogP) is 1.83. The summed E-state index contributed by atoms with van der Waals surface area (Å²) in [6.45, 7) is 7.46. The highest BCUT2D eigenvalue weighted by atomic mass is 16.3. The van der Waals surface area contributed by atoms with E-state index in [0.29, 0.717) is 0 Å². The number of rotatable bonds is 5. The Hall–Kier alpha value is -2.15. The third-order valence-corrected chi connectivity index (χ3v) is 5.02. The number of aromatic nitrogens is 3. The molecule has 0 radical (unpaired) electrons. The van der Waals surface area contributed by atoms with Crippen molar-refractivity contribution in [1.82, 2.24) is 25.0 Å². The molecule has 1 aliphatic heterocycles. The van der Waals surface area contributed by atoms with Gasteiger partial charge in [-0.05, 0) is 38.8 Å². The molecule has 2 aromatic heterocycles. The Morgan fingerprint density at radius 2 is 2.16 bits per heavy atom. The van der Waals surface area contributed by atoms with Gasteiger partial charge in [0.05, 0.1) is 12.6 Å². The molecule has 3 heterocycles. The van der Waals surface area contributed by atoms with E-state index >= 15 is 0 Å². The van der Waals surface area contributed by atoms with Gasteiger partial charge in [0, 0.05) is 32.0 Å². The monoisotopic (exact) mass is 343 g/mol. The molecular formula is C18H25N5O2. The summed E-state index contributed by atoms with van der Waals surface area (Å²) in [5.41, 5.74) is 0. The normalized spacial score (nSPS) is 19.3. The van der Waals surface area contributed by atoms with Gasteiger partial charge in [-0.3, -0.25) is 9.69 Å². The van der Waals surface area contributed by atoms with Gasteiger partial charge in [-0.25, -0.2) is 0 Å². The first-order valence-corrected chi connectivity index (χ1v) is 9.10. The summed E-state index contributed by atoms with van der Waals surface area (Å²) in [6.07, 6.45) is 2.88. The number of carbonyl (C=O) groups is 1. The summed E-state index contributed by atoms with van der Waals surface area (Å²) >= 11 is 0. The van der Waals surface area contributed by atoms with Gasteiger partial charge in [0.1, 0.15) is 17.3 Å². The Morgan fingerprint density at radius 1 is 1.32 bits per heavy atom. The minimum Gasteiger partial charge on any atom is -0.465 e. The van der Waals surface area contributed by atoms with Crippen molar-refractivity contribution in [3.05, 3.63) is 35.3 Å². The summed E-state index contributed by atoms with van der Waals surface area (Å²) in [7, 11) is 0. The van der Waals surface area contributed by atoms with Crippen LogP contribution < -0.4 is 5.32 Å². The van der Waals surface area contributed by atoms with Crippen LogP contribution in [0.4, 0.5) is 0 Å². The number of hydrogen-bond acceptors (Lipinski definition) is 5. The number of hydrogen-bond donors (Lipinski definition) is 1. The van der Waals surface area contributed by atoms with Crippen LogP contribution in [-0.4, -0.2) is 38.7 Å². The van der Waals surface area contributed by atoms with Crippen molar-refractivity contribution in [3.8, 4) is 0 Å². The van der Waals surface area contributed by atoms with Crippen molar-refractivity contribution < 1.29 is 9.21 Å². The summed E-state index contributed by atoms with van der Waals surface area (Å²) in [6, 6.07) is 3.94. The van der Waals surface area contributed by atoms with Crippen LogP contribution in [0.3, 0.4) is 0 Å². The van der Waals surface area contributed by atoms with Gasteiger partial charge in [0.2, 0.25) is 5.91 Å². The molecule has 1 N–H and O–H groups in total. The SMILES string of the molecule is Cc1ccc(CN2CCc3nnc(C(C)NC(=O)C4CC4)n3CC2)o1. The Kier molecular flexibility index (Phi) is 4.33. The van der Waals surface area contributed by atoms with Crippen molar-refractivity contribution in [3.63, 3.8) is 0 Å². The van der Waals surface area contributed by atoms with Gasteiger partial charge in [0.25, 0.3) is 0 Å². The number of nitrogens with zero attached hydrogens (tertiary/aromatic N) is 4. The fourth-order valence-electron chi connectivity index (χ4n) is 3.40. The first-order chi connectivity index (χ1) is 12.1. The third-order valence-electron chi connectivity index (χ3n) is 5.02. The van der Waals surface area contributed by atoms with Gasteiger partial charge in [0.15, 0.2) is 5.82 Å². The minimum absolute atomic E-state index is 0.103. The van der Waals surface area contributed by atoms with E-state index < -0.39 is 0 Å². The van der Waals surface area contributed by atoms with E-state index in [9.17, 15) is 4.79 Å². The second-order valence-electron chi connectivity index (χ2n) is 7.17. The second-order valence-corrected chi connectivity index (χ2v) is 7.17. The Bertz CT molecular complexity index is 761. The van der Waals surface area contributed by atoms with E-state index in [1.807, 2.05) is 26.0 Å². The van der Waals surface area contributed by atoms with Gasteiger partial charge < -0.3 is 14.3 Å². The van der Waals surface area contributed by atoms with Gasteiger partial charge in [-0.15, -0.1) is 10.2 Å². The fourth-order valence-corrected chi connectivity index (χ4v) is 3.40. The van der Waals surface area contributed by atoms with Crippen LogP contribution in [0.15, 0.2) is 16.5 Å². The molecule has 2 aromatic rings. The molecule has 1 fully saturated rings. The number of furan rings is 1. The number of aryl methyl sites for hydroxylation is 1. The minimum atomic E-state index is -0.103. The standard InChI is InChI=1S/C18H25N5O2/c1-12-3-6-15(25-12)11-22-8-7-16-20-21-17(23(16)10-9-22)13(2)19-18(24)14-4-5-14/h3,6,13-14H,4-5,7-11H2,1-2H3,(H,19,24). The summed E-state index contributed by atoms with van der Waals surface area (Å²) in [5.74, 6) is 4.17. The van der Waals surface area contributed by atoms with Crippen molar-refractivity contribution in [1.29, 1.82) is 0 Å². The van der Waals surface area contributed by atoms with Crippen molar-refractivity contribution >= 4 is 5.91 Å². The summed E-state index contributed by atoms with van der Waals surface area (Å²) < 4.78 is 7.87. The molecular weight excluding hydrogens is 318 g/mol. The van der Waals surface area contributed by atoms with E-state index in [2.05, 4.69) is 25.0 Å². The van der Waals surface area contributed by atoms with E-state index in [1.54, 1.807) is 0 Å². The van der Waals surface area contributed by atoms with Crippen LogP contribution in [0.5, 0.6) is 0 Å². The lowest BCUT2D eigenvalue weighted by molar-refractivity contribution is -0.123.